The summed E-state index contributed by atoms with van der Waals surface area (Å²) in [5, 5.41) is 12.4. The van der Waals surface area contributed by atoms with E-state index in [1.54, 1.807) is 6.26 Å². The standard InChI is InChI=1S/C20H25FN6O/c1-2-4-19(20-22-23-24-27(20)15-18-5-3-14-28-18)26-12-10-25(11-13-26)17-8-6-16(21)7-9-17/h3,5-9,14,19H,2,4,10-13,15H2,1H3. The molecule has 0 N–H and O–H groups in total. The summed E-state index contributed by atoms with van der Waals surface area (Å²) in [5.41, 5.74) is 1.07. The molecular weight excluding hydrogens is 359 g/mol. The molecule has 1 aromatic carbocycles. The number of piperazine rings is 1. The monoisotopic (exact) mass is 384 g/mol. The minimum Gasteiger partial charge on any atom is -0.467 e. The molecule has 7 nitrogen and oxygen atoms in total. The Kier molecular flexibility index (Phi) is 5.66. The van der Waals surface area contributed by atoms with E-state index in [0.717, 1.165) is 56.3 Å². The van der Waals surface area contributed by atoms with Gasteiger partial charge < -0.3 is 9.32 Å². The van der Waals surface area contributed by atoms with Gasteiger partial charge in [-0.15, -0.1) is 5.10 Å². The maximum absolute atomic E-state index is 13.2. The van der Waals surface area contributed by atoms with Crippen LogP contribution in [-0.4, -0.2) is 51.3 Å². The van der Waals surface area contributed by atoms with Crippen molar-refractivity contribution >= 4 is 5.69 Å². The number of tetrazole rings is 1. The SMILES string of the molecule is CCCC(c1nnnn1Cc1ccco1)N1CCN(c2ccc(F)cc2)CC1. The third kappa shape index (κ3) is 4.06. The first-order valence-corrected chi connectivity index (χ1v) is 9.77. The summed E-state index contributed by atoms with van der Waals surface area (Å²) in [5.74, 6) is 1.52. The quantitative estimate of drug-likeness (QED) is 0.624. The fourth-order valence-electron chi connectivity index (χ4n) is 3.81. The number of furan rings is 1. The van der Waals surface area contributed by atoms with Gasteiger partial charge in [-0.3, -0.25) is 4.90 Å². The second-order valence-electron chi connectivity index (χ2n) is 7.08. The van der Waals surface area contributed by atoms with E-state index >= 15 is 0 Å². The molecule has 8 heteroatoms. The van der Waals surface area contributed by atoms with Gasteiger partial charge in [0.25, 0.3) is 0 Å². The Balaban J connectivity index is 1.46. The van der Waals surface area contributed by atoms with Gasteiger partial charge in [-0.05, 0) is 53.2 Å². The van der Waals surface area contributed by atoms with Gasteiger partial charge in [0.15, 0.2) is 5.82 Å². The average molecular weight is 384 g/mol. The summed E-state index contributed by atoms with van der Waals surface area (Å²) in [6.07, 6.45) is 3.71. The van der Waals surface area contributed by atoms with Crippen LogP contribution in [0.4, 0.5) is 10.1 Å². The number of aromatic nitrogens is 4. The van der Waals surface area contributed by atoms with Crippen LogP contribution in [0.1, 0.15) is 37.4 Å². The molecular formula is C20H25FN6O. The van der Waals surface area contributed by atoms with Crippen LogP contribution in [-0.2, 0) is 6.54 Å². The van der Waals surface area contributed by atoms with E-state index in [0.29, 0.717) is 6.54 Å². The van der Waals surface area contributed by atoms with Gasteiger partial charge in [-0.2, -0.15) is 0 Å². The molecule has 1 unspecified atom stereocenters. The molecule has 3 aromatic rings. The van der Waals surface area contributed by atoms with Gasteiger partial charge in [-0.1, -0.05) is 13.3 Å². The highest BCUT2D eigenvalue weighted by Crippen LogP contribution is 2.27. The zero-order valence-corrected chi connectivity index (χ0v) is 16.0. The van der Waals surface area contributed by atoms with Gasteiger partial charge in [0, 0.05) is 31.9 Å². The maximum atomic E-state index is 13.2. The summed E-state index contributed by atoms with van der Waals surface area (Å²) in [6.45, 7) is 6.33. The van der Waals surface area contributed by atoms with Crippen molar-refractivity contribution in [3.63, 3.8) is 0 Å². The predicted molar refractivity (Wildman–Crippen MR) is 103 cm³/mol. The van der Waals surface area contributed by atoms with Gasteiger partial charge >= 0.3 is 0 Å². The molecule has 1 saturated heterocycles. The van der Waals surface area contributed by atoms with Crippen LogP contribution in [0.15, 0.2) is 47.1 Å². The first-order valence-electron chi connectivity index (χ1n) is 9.77. The Morgan fingerprint density at radius 2 is 1.89 bits per heavy atom. The van der Waals surface area contributed by atoms with Crippen molar-refractivity contribution in [2.45, 2.75) is 32.4 Å². The van der Waals surface area contributed by atoms with Gasteiger partial charge in [0.1, 0.15) is 18.1 Å². The Morgan fingerprint density at radius 3 is 2.57 bits per heavy atom. The Bertz CT molecular complexity index is 855. The molecule has 28 heavy (non-hydrogen) atoms. The van der Waals surface area contributed by atoms with Crippen molar-refractivity contribution in [2.75, 3.05) is 31.1 Å². The molecule has 4 rings (SSSR count). The Labute approximate surface area is 163 Å². The van der Waals surface area contributed by atoms with E-state index < -0.39 is 0 Å². The number of anilines is 1. The van der Waals surface area contributed by atoms with Crippen LogP contribution >= 0.6 is 0 Å². The van der Waals surface area contributed by atoms with Gasteiger partial charge in [0.05, 0.1) is 12.3 Å². The van der Waals surface area contributed by atoms with Crippen molar-refractivity contribution < 1.29 is 8.81 Å². The van der Waals surface area contributed by atoms with Crippen molar-refractivity contribution in [3.05, 3.63) is 60.1 Å². The third-order valence-electron chi connectivity index (χ3n) is 5.25. The second kappa shape index (κ2) is 8.52. The van der Waals surface area contributed by atoms with Crippen molar-refractivity contribution in [2.24, 2.45) is 0 Å². The normalized spacial score (nSPS) is 16.4. The minimum atomic E-state index is -0.200. The zero-order chi connectivity index (χ0) is 19.3. The van der Waals surface area contributed by atoms with E-state index in [1.807, 2.05) is 28.9 Å². The lowest BCUT2D eigenvalue weighted by Gasteiger charge is -2.39. The molecule has 0 bridgehead atoms. The van der Waals surface area contributed by atoms with E-state index in [-0.39, 0.29) is 11.9 Å². The lowest BCUT2D eigenvalue weighted by Crippen LogP contribution is -2.48. The molecule has 0 spiro atoms. The molecule has 1 aliphatic rings. The molecule has 0 aliphatic carbocycles. The predicted octanol–water partition coefficient (Wildman–Crippen LogP) is 3.12. The molecule has 1 fully saturated rings. The number of benzene rings is 1. The van der Waals surface area contributed by atoms with Gasteiger partial charge in [-0.25, -0.2) is 9.07 Å². The van der Waals surface area contributed by atoms with Crippen LogP contribution in [0, 0.1) is 5.82 Å². The van der Waals surface area contributed by atoms with E-state index in [2.05, 4.69) is 32.2 Å². The number of hydrogen-bond donors (Lipinski definition) is 0. The highest BCUT2D eigenvalue weighted by atomic mass is 19.1. The highest BCUT2D eigenvalue weighted by Gasteiger charge is 2.28. The summed E-state index contributed by atoms with van der Waals surface area (Å²) >= 11 is 0. The lowest BCUT2D eigenvalue weighted by molar-refractivity contribution is 0.164. The largest absolute Gasteiger partial charge is 0.467 e. The van der Waals surface area contributed by atoms with E-state index in [9.17, 15) is 4.39 Å². The average Bonchev–Trinajstić information content (AvgIpc) is 3.40. The Hall–Kier alpha value is -2.74. The number of halogens is 1. The summed E-state index contributed by atoms with van der Waals surface area (Å²) in [4.78, 5) is 4.75. The molecule has 148 valence electrons. The van der Waals surface area contributed by atoms with Crippen molar-refractivity contribution in [1.29, 1.82) is 0 Å². The lowest BCUT2D eigenvalue weighted by atomic mass is 10.1. The smallest absolute Gasteiger partial charge is 0.168 e. The Morgan fingerprint density at radius 1 is 1.11 bits per heavy atom. The van der Waals surface area contributed by atoms with Gasteiger partial charge in [0.2, 0.25) is 0 Å². The highest BCUT2D eigenvalue weighted by molar-refractivity contribution is 5.46. The third-order valence-corrected chi connectivity index (χ3v) is 5.25. The van der Waals surface area contributed by atoms with E-state index in [1.165, 1.54) is 12.1 Å². The summed E-state index contributed by atoms with van der Waals surface area (Å²) in [6, 6.07) is 10.7. The van der Waals surface area contributed by atoms with Crippen LogP contribution in [0.2, 0.25) is 0 Å². The number of hydrogen-bond acceptors (Lipinski definition) is 6. The summed E-state index contributed by atoms with van der Waals surface area (Å²) in [7, 11) is 0. The minimum absolute atomic E-state index is 0.172. The van der Waals surface area contributed by atoms with E-state index in [4.69, 9.17) is 4.42 Å². The van der Waals surface area contributed by atoms with Crippen molar-refractivity contribution in [3.8, 4) is 0 Å². The summed E-state index contributed by atoms with van der Waals surface area (Å²) < 4.78 is 20.5. The molecule has 0 amide bonds. The van der Waals surface area contributed by atoms with Crippen molar-refractivity contribution in [1.82, 2.24) is 25.1 Å². The number of rotatable bonds is 7. The molecule has 0 radical (unpaired) electrons. The zero-order valence-electron chi connectivity index (χ0n) is 16.0. The molecule has 1 aliphatic heterocycles. The molecule has 3 heterocycles. The molecule has 1 atom stereocenters. The van der Waals surface area contributed by atoms with Crippen LogP contribution in [0.5, 0.6) is 0 Å². The van der Waals surface area contributed by atoms with Crippen LogP contribution in [0.3, 0.4) is 0 Å². The maximum Gasteiger partial charge on any atom is 0.168 e. The topological polar surface area (TPSA) is 63.2 Å². The van der Waals surface area contributed by atoms with Crippen LogP contribution < -0.4 is 4.90 Å². The first-order chi connectivity index (χ1) is 13.7. The first kappa shape index (κ1) is 18.6. The fourth-order valence-corrected chi connectivity index (χ4v) is 3.81. The fraction of sp³-hybridized carbons (Fsp3) is 0.450. The second-order valence-corrected chi connectivity index (χ2v) is 7.08. The molecule has 2 aromatic heterocycles. The number of nitrogens with zero attached hydrogens (tertiary/aromatic N) is 6. The van der Waals surface area contributed by atoms with Crippen LogP contribution in [0.25, 0.3) is 0 Å². The molecule has 0 saturated carbocycles.